The molecule has 1 heterocycles. The topological polar surface area (TPSA) is 21.3 Å². The largest absolute Gasteiger partial charge is 0.491 e. The van der Waals surface area contributed by atoms with Crippen molar-refractivity contribution in [2.45, 2.75) is 38.1 Å². The highest BCUT2D eigenvalue weighted by Gasteiger charge is 2.40. The first kappa shape index (κ1) is 19.4. The summed E-state index contributed by atoms with van der Waals surface area (Å²) in [4.78, 5) is 0. The summed E-state index contributed by atoms with van der Waals surface area (Å²) in [5.74, 6) is 1.91. The number of hydrogen-bond donors (Lipinski definition) is 1. The third-order valence-corrected chi connectivity index (χ3v) is 7.24. The Hall–Kier alpha value is -3.26. The van der Waals surface area contributed by atoms with Gasteiger partial charge in [0.1, 0.15) is 5.75 Å². The molecule has 0 saturated heterocycles. The number of anilines is 1. The van der Waals surface area contributed by atoms with Crippen LogP contribution in [0.25, 0.3) is 21.5 Å². The van der Waals surface area contributed by atoms with Crippen LogP contribution in [-0.4, -0.2) is 6.61 Å². The van der Waals surface area contributed by atoms with Crippen LogP contribution in [0.15, 0.2) is 84.9 Å². The van der Waals surface area contributed by atoms with Gasteiger partial charge in [-0.05, 0) is 63.6 Å². The molecule has 3 atom stereocenters. The molecule has 0 aromatic heterocycles. The Bertz CT molecular complexity index is 1270. The molecule has 0 saturated carbocycles. The van der Waals surface area contributed by atoms with Crippen molar-refractivity contribution in [3.8, 4) is 5.75 Å². The molecule has 0 bridgehead atoms. The maximum absolute atomic E-state index is 6.27. The fourth-order valence-corrected chi connectivity index (χ4v) is 5.71. The summed E-state index contributed by atoms with van der Waals surface area (Å²) in [6, 6.07) is 26.8. The van der Waals surface area contributed by atoms with E-state index >= 15 is 0 Å². The van der Waals surface area contributed by atoms with Crippen molar-refractivity contribution in [1.29, 1.82) is 0 Å². The second-order valence-corrected chi connectivity index (χ2v) is 9.13. The van der Waals surface area contributed by atoms with Crippen molar-refractivity contribution in [2.75, 3.05) is 11.9 Å². The predicted molar refractivity (Wildman–Crippen MR) is 135 cm³/mol. The maximum atomic E-state index is 6.27. The van der Waals surface area contributed by atoms with E-state index in [2.05, 4.69) is 97.2 Å². The summed E-state index contributed by atoms with van der Waals surface area (Å²) in [5, 5.41) is 9.32. The summed E-state index contributed by atoms with van der Waals surface area (Å²) < 4.78 is 6.27. The lowest BCUT2D eigenvalue weighted by Crippen LogP contribution is -2.29. The van der Waals surface area contributed by atoms with Gasteiger partial charge in [-0.3, -0.25) is 0 Å². The van der Waals surface area contributed by atoms with E-state index in [9.17, 15) is 0 Å². The van der Waals surface area contributed by atoms with Crippen LogP contribution in [0.5, 0.6) is 5.75 Å². The summed E-state index contributed by atoms with van der Waals surface area (Å²) in [7, 11) is 0. The van der Waals surface area contributed by atoms with Crippen LogP contribution >= 0.6 is 0 Å². The Labute approximate surface area is 189 Å². The SMILES string of the molecule is CCCCOc1cccc2c1NC(c1c3ccccc3cc3ccccc13)C1CC=CC21. The van der Waals surface area contributed by atoms with Gasteiger partial charge in [0.2, 0.25) is 0 Å². The molecular weight excluding hydrogens is 390 g/mol. The zero-order chi connectivity index (χ0) is 21.5. The Kier molecular flexibility index (Phi) is 4.87. The monoisotopic (exact) mass is 419 g/mol. The van der Waals surface area contributed by atoms with Crippen LogP contribution in [0.2, 0.25) is 0 Å². The molecule has 2 nitrogen and oxygen atoms in total. The van der Waals surface area contributed by atoms with Crippen LogP contribution in [0.4, 0.5) is 5.69 Å². The Balaban J connectivity index is 1.54. The average Bonchev–Trinajstić information content (AvgIpc) is 3.33. The van der Waals surface area contributed by atoms with E-state index in [1.807, 2.05) is 0 Å². The van der Waals surface area contributed by atoms with E-state index in [-0.39, 0.29) is 6.04 Å². The molecule has 0 spiro atoms. The molecule has 160 valence electrons. The molecule has 1 aliphatic heterocycles. The number of unbranched alkanes of at least 4 members (excludes halogenated alkanes) is 1. The highest BCUT2D eigenvalue weighted by atomic mass is 16.5. The fourth-order valence-electron chi connectivity index (χ4n) is 5.71. The minimum Gasteiger partial charge on any atom is -0.491 e. The predicted octanol–water partition coefficient (Wildman–Crippen LogP) is 8.00. The third-order valence-electron chi connectivity index (χ3n) is 7.24. The number of para-hydroxylation sites is 1. The van der Waals surface area contributed by atoms with Gasteiger partial charge in [0.25, 0.3) is 0 Å². The van der Waals surface area contributed by atoms with E-state index in [1.54, 1.807) is 0 Å². The number of fused-ring (bicyclic) bond motifs is 5. The highest BCUT2D eigenvalue weighted by Crippen LogP contribution is 2.54. The lowest BCUT2D eigenvalue weighted by atomic mass is 9.75. The van der Waals surface area contributed by atoms with Crippen molar-refractivity contribution >= 4 is 27.2 Å². The first-order chi connectivity index (χ1) is 15.8. The van der Waals surface area contributed by atoms with Gasteiger partial charge < -0.3 is 10.1 Å². The Morgan fingerprint density at radius 1 is 0.906 bits per heavy atom. The van der Waals surface area contributed by atoms with Crippen LogP contribution < -0.4 is 10.1 Å². The Morgan fingerprint density at radius 2 is 1.66 bits per heavy atom. The molecule has 3 unspecified atom stereocenters. The molecule has 2 heteroatoms. The highest BCUT2D eigenvalue weighted by molar-refractivity contribution is 6.03. The summed E-state index contributed by atoms with van der Waals surface area (Å²) >= 11 is 0. The van der Waals surface area contributed by atoms with Gasteiger partial charge in [0, 0.05) is 5.92 Å². The molecule has 0 amide bonds. The van der Waals surface area contributed by atoms with Crippen molar-refractivity contribution < 1.29 is 4.74 Å². The van der Waals surface area contributed by atoms with Crippen LogP contribution in [-0.2, 0) is 0 Å². The van der Waals surface area contributed by atoms with Crippen molar-refractivity contribution in [2.24, 2.45) is 5.92 Å². The molecule has 4 aromatic carbocycles. The van der Waals surface area contributed by atoms with E-state index in [0.717, 1.165) is 31.6 Å². The normalized spacial score (nSPS) is 21.3. The van der Waals surface area contributed by atoms with Crippen LogP contribution in [0.1, 0.15) is 49.3 Å². The number of hydrogen-bond acceptors (Lipinski definition) is 2. The molecule has 6 rings (SSSR count). The smallest absolute Gasteiger partial charge is 0.142 e. The third kappa shape index (κ3) is 3.09. The van der Waals surface area contributed by atoms with Gasteiger partial charge >= 0.3 is 0 Å². The van der Waals surface area contributed by atoms with E-state index in [0.29, 0.717) is 11.8 Å². The minimum atomic E-state index is 0.231. The lowest BCUT2D eigenvalue weighted by molar-refractivity contribution is 0.308. The van der Waals surface area contributed by atoms with Crippen LogP contribution in [0.3, 0.4) is 0 Å². The summed E-state index contributed by atoms with van der Waals surface area (Å²) in [5.41, 5.74) is 3.98. The standard InChI is InChI=1S/C30H29NO/c1-2-3-18-32-27-17-9-16-25-24-14-8-15-26(24)30(31-29(25)27)28-22-12-6-4-10-20(22)19-21-11-5-7-13-23(21)28/h4-14,16-17,19,24,26,30-31H,2-3,15,18H2,1H3. The van der Waals surface area contributed by atoms with Crippen molar-refractivity contribution in [3.05, 3.63) is 96.1 Å². The van der Waals surface area contributed by atoms with E-state index < -0.39 is 0 Å². The zero-order valence-corrected chi connectivity index (χ0v) is 18.6. The van der Waals surface area contributed by atoms with Crippen molar-refractivity contribution in [1.82, 2.24) is 0 Å². The zero-order valence-electron chi connectivity index (χ0n) is 18.6. The Morgan fingerprint density at radius 3 is 2.41 bits per heavy atom. The first-order valence-corrected chi connectivity index (χ1v) is 11.9. The minimum absolute atomic E-state index is 0.231. The van der Waals surface area contributed by atoms with Gasteiger partial charge in [-0.1, -0.05) is 86.2 Å². The van der Waals surface area contributed by atoms with Gasteiger partial charge in [0.15, 0.2) is 0 Å². The fraction of sp³-hybridized carbons (Fsp3) is 0.267. The van der Waals surface area contributed by atoms with Crippen molar-refractivity contribution in [3.63, 3.8) is 0 Å². The molecule has 4 aromatic rings. The quantitative estimate of drug-likeness (QED) is 0.201. The average molecular weight is 420 g/mol. The number of rotatable bonds is 5. The number of ether oxygens (including phenoxy) is 1. The lowest BCUT2D eigenvalue weighted by Gasteiger charge is -2.39. The second kappa shape index (κ2) is 8.02. The van der Waals surface area contributed by atoms with E-state index in [4.69, 9.17) is 4.74 Å². The molecule has 0 fully saturated rings. The molecule has 1 aliphatic carbocycles. The number of allylic oxidation sites excluding steroid dienone is 2. The summed E-state index contributed by atoms with van der Waals surface area (Å²) in [6.45, 7) is 2.97. The molecule has 0 radical (unpaired) electrons. The molecule has 2 aliphatic rings. The van der Waals surface area contributed by atoms with E-state index in [1.165, 1.54) is 38.4 Å². The number of nitrogens with one attached hydrogen (secondary N) is 1. The number of benzene rings is 4. The van der Waals surface area contributed by atoms with Gasteiger partial charge in [0.05, 0.1) is 18.3 Å². The van der Waals surface area contributed by atoms with Gasteiger partial charge in [-0.25, -0.2) is 0 Å². The molecule has 32 heavy (non-hydrogen) atoms. The summed E-state index contributed by atoms with van der Waals surface area (Å²) in [6.07, 6.45) is 8.10. The second-order valence-electron chi connectivity index (χ2n) is 9.13. The van der Waals surface area contributed by atoms with Gasteiger partial charge in [-0.2, -0.15) is 0 Å². The molecular formula is C30H29NO. The first-order valence-electron chi connectivity index (χ1n) is 11.9. The van der Waals surface area contributed by atoms with Gasteiger partial charge in [-0.15, -0.1) is 0 Å². The molecule has 1 N–H and O–H groups in total. The maximum Gasteiger partial charge on any atom is 0.142 e. The van der Waals surface area contributed by atoms with Crippen LogP contribution in [0, 0.1) is 5.92 Å².